The third kappa shape index (κ3) is 2.71. The maximum Gasteiger partial charge on any atom is 0.342 e. The van der Waals surface area contributed by atoms with Crippen molar-refractivity contribution < 1.29 is 9.90 Å². The van der Waals surface area contributed by atoms with Crippen LogP contribution in [0.25, 0.3) is 5.69 Å². The fraction of sp³-hybridized carbons (Fsp3) is 0. The van der Waals surface area contributed by atoms with Crippen molar-refractivity contribution in [2.45, 2.75) is 0 Å². The molecule has 8 heteroatoms. The van der Waals surface area contributed by atoms with Gasteiger partial charge in [-0.3, -0.25) is 14.3 Å². The summed E-state index contributed by atoms with van der Waals surface area (Å²) in [5, 5.41) is 9.15. The van der Waals surface area contributed by atoms with Crippen LogP contribution in [0.4, 0.5) is 0 Å². The molecule has 0 spiro atoms. The molecule has 0 unspecified atom stereocenters. The lowest BCUT2D eigenvalue weighted by Crippen LogP contribution is -2.32. The smallest absolute Gasteiger partial charge is 0.342 e. The van der Waals surface area contributed by atoms with Gasteiger partial charge in [0.05, 0.1) is 10.7 Å². The Morgan fingerprint density at radius 2 is 2.05 bits per heavy atom. The zero-order valence-electron chi connectivity index (χ0n) is 9.18. The van der Waals surface area contributed by atoms with E-state index in [9.17, 15) is 14.4 Å². The van der Waals surface area contributed by atoms with Crippen LogP contribution in [0, 0.1) is 3.57 Å². The zero-order valence-corrected chi connectivity index (χ0v) is 12.1. The second kappa shape index (κ2) is 5.17. The molecule has 1 aromatic carbocycles. The van der Waals surface area contributed by atoms with E-state index in [-0.39, 0.29) is 5.02 Å². The lowest BCUT2D eigenvalue weighted by atomic mass is 10.3. The molecular weight excluding hydrogens is 386 g/mol. The lowest BCUT2D eigenvalue weighted by molar-refractivity contribution is 0.0694. The van der Waals surface area contributed by atoms with Gasteiger partial charge in [0.2, 0.25) is 0 Å². The first kappa shape index (κ1) is 13.8. The minimum Gasteiger partial charge on any atom is -0.477 e. The molecule has 19 heavy (non-hydrogen) atoms. The van der Waals surface area contributed by atoms with Gasteiger partial charge in [-0.15, -0.1) is 0 Å². The van der Waals surface area contributed by atoms with Gasteiger partial charge in [-0.05, 0) is 40.8 Å². The molecule has 0 saturated carbocycles. The van der Waals surface area contributed by atoms with Gasteiger partial charge in [-0.1, -0.05) is 11.6 Å². The number of carbonyl (C=O) groups is 1. The van der Waals surface area contributed by atoms with E-state index in [0.29, 0.717) is 5.69 Å². The molecule has 0 amide bonds. The van der Waals surface area contributed by atoms with Crippen molar-refractivity contribution in [2.24, 2.45) is 0 Å². The Morgan fingerprint density at radius 1 is 1.37 bits per heavy atom. The molecule has 98 valence electrons. The second-order valence-corrected chi connectivity index (χ2v) is 5.23. The third-order valence-electron chi connectivity index (χ3n) is 2.34. The average molecular weight is 393 g/mol. The summed E-state index contributed by atoms with van der Waals surface area (Å²) >= 11 is 8.00. The van der Waals surface area contributed by atoms with E-state index in [2.05, 4.69) is 0 Å². The molecular formula is C11H6ClIN2O4. The number of H-pyrrole nitrogens is 1. The second-order valence-electron chi connectivity index (χ2n) is 3.57. The first-order valence-electron chi connectivity index (χ1n) is 4.95. The van der Waals surface area contributed by atoms with Gasteiger partial charge in [-0.25, -0.2) is 9.59 Å². The van der Waals surface area contributed by atoms with Crippen molar-refractivity contribution in [1.82, 2.24) is 9.55 Å². The van der Waals surface area contributed by atoms with Crippen molar-refractivity contribution in [3.05, 3.63) is 59.4 Å². The van der Waals surface area contributed by atoms with Crippen LogP contribution in [0.1, 0.15) is 10.4 Å². The van der Waals surface area contributed by atoms with Crippen LogP contribution in [-0.4, -0.2) is 20.6 Å². The van der Waals surface area contributed by atoms with Crippen LogP contribution >= 0.6 is 34.2 Å². The molecule has 2 rings (SSSR count). The van der Waals surface area contributed by atoms with E-state index < -0.39 is 22.8 Å². The first-order chi connectivity index (χ1) is 8.90. The summed E-state index contributed by atoms with van der Waals surface area (Å²) in [5.41, 5.74) is -1.93. The fourth-order valence-electron chi connectivity index (χ4n) is 1.47. The Hall–Kier alpha value is -1.61. The van der Waals surface area contributed by atoms with Crippen molar-refractivity contribution in [1.29, 1.82) is 0 Å². The predicted molar refractivity (Wildman–Crippen MR) is 77.3 cm³/mol. The van der Waals surface area contributed by atoms with Crippen molar-refractivity contribution in [3.63, 3.8) is 0 Å². The number of halogens is 2. The van der Waals surface area contributed by atoms with E-state index in [4.69, 9.17) is 16.7 Å². The molecule has 0 radical (unpaired) electrons. The Balaban J connectivity index is 2.79. The molecule has 1 heterocycles. The molecule has 0 fully saturated rings. The van der Waals surface area contributed by atoms with Crippen LogP contribution in [0.3, 0.4) is 0 Å². The van der Waals surface area contributed by atoms with E-state index in [1.807, 2.05) is 27.6 Å². The summed E-state index contributed by atoms with van der Waals surface area (Å²) in [5.74, 6) is -1.42. The molecule has 0 atom stereocenters. The lowest BCUT2D eigenvalue weighted by Gasteiger charge is -2.08. The Bertz CT molecular complexity index is 781. The van der Waals surface area contributed by atoms with Gasteiger partial charge in [0.25, 0.3) is 5.56 Å². The normalized spacial score (nSPS) is 10.4. The average Bonchev–Trinajstić information content (AvgIpc) is 2.32. The molecule has 6 nitrogen and oxygen atoms in total. The van der Waals surface area contributed by atoms with Crippen LogP contribution in [-0.2, 0) is 0 Å². The highest BCUT2D eigenvalue weighted by Crippen LogP contribution is 2.21. The highest BCUT2D eigenvalue weighted by atomic mass is 127. The standard InChI is InChI=1S/C11H6ClIN2O4/c12-7-2-1-5(13)3-8(7)15-4-6(10(17)18)9(16)14-11(15)19/h1-4H,(H,17,18)(H,14,16,19). The number of carboxylic acids is 1. The summed E-state index contributed by atoms with van der Waals surface area (Å²) in [6.07, 6.45) is 0.959. The summed E-state index contributed by atoms with van der Waals surface area (Å²) in [6, 6.07) is 4.92. The van der Waals surface area contributed by atoms with Crippen molar-refractivity contribution in [2.75, 3.05) is 0 Å². The van der Waals surface area contributed by atoms with Gasteiger partial charge < -0.3 is 5.11 Å². The minimum absolute atomic E-state index is 0.269. The molecule has 0 aliphatic rings. The van der Waals surface area contributed by atoms with E-state index >= 15 is 0 Å². The van der Waals surface area contributed by atoms with E-state index in [1.165, 1.54) is 0 Å². The third-order valence-corrected chi connectivity index (χ3v) is 3.33. The maximum atomic E-state index is 11.7. The summed E-state index contributed by atoms with van der Waals surface area (Å²) < 4.78 is 1.81. The molecule has 2 aromatic rings. The molecule has 0 aliphatic carbocycles. The first-order valence-corrected chi connectivity index (χ1v) is 6.40. The number of carboxylic acid groups (broad SMARTS) is 1. The van der Waals surface area contributed by atoms with E-state index in [0.717, 1.165) is 14.3 Å². The van der Waals surface area contributed by atoms with E-state index in [1.54, 1.807) is 18.2 Å². The Morgan fingerprint density at radius 3 is 2.68 bits per heavy atom. The molecule has 1 aromatic heterocycles. The van der Waals surface area contributed by atoms with Crippen molar-refractivity contribution in [3.8, 4) is 5.69 Å². The highest BCUT2D eigenvalue weighted by molar-refractivity contribution is 14.1. The number of aromatic nitrogens is 2. The quantitative estimate of drug-likeness (QED) is 0.757. The van der Waals surface area contributed by atoms with Crippen molar-refractivity contribution >= 4 is 40.2 Å². The SMILES string of the molecule is O=C(O)c1cn(-c2cc(I)ccc2Cl)c(=O)[nH]c1=O. The van der Waals surface area contributed by atoms with Crippen LogP contribution in [0.15, 0.2) is 34.0 Å². The largest absolute Gasteiger partial charge is 0.477 e. The van der Waals surface area contributed by atoms with Gasteiger partial charge in [0.15, 0.2) is 0 Å². The minimum atomic E-state index is -1.42. The van der Waals surface area contributed by atoms with Crippen LogP contribution < -0.4 is 11.2 Å². The predicted octanol–water partition coefficient (Wildman–Crippen LogP) is 1.48. The summed E-state index contributed by atoms with van der Waals surface area (Å²) in [6.45, 7) is 0. The van der Waals surface area contributed by atoms with Gasteiger partial charge >= 0.3 is 11.7 Å². The number of hydrogen-bond acceptors (Lipinski definition) is 3. The number of aromatic carboxylic acids is 1. The number of benzene rings is 1. The van der Waals surface area contributed by atoms with Gasteiger partial charge in [-0.2, -0.15) is 0 Å². The number of rotatable bonds is 2. The Kier molecular flexibility index (Phi) is 3.76. The topological polar surface area (TPSA) is 92.2 Å². The van der Waals surface area contributed by atoms with Gasteiger partial charge in [0, 0.05) is 9.77 Å². The Labute approximate surface area is 124 Å². The van der Waals surface area contributed by atoms with Crippen LogP contribution in [0.5, 0.6) is 0 Å². The highest BCUT2D eigenvalue weighted by Gasteiger charge is 2.14. The fourth-order valence-corrected chi connectivity index (χ4v) is 2.16. The maximum absolute atomic E-state index is 11.7. The number of aromatic amines is 1. The molecule has 0 bridgehead atoms. The van der Waals surface area contributed by atoms with Crippen LogP contribution in [0.2, 0.25) is 5.02 Å². The molecule has 0 saturated heterocycles. The molecule has 0 aliphatic heterocycles. The summed E-state index contributed by atoms with van der Waals surface area (Å²) in [7, 11) is 0. The summed E-state index contributed by atoms with van der Waals surface area (Å²) in [4.78, 5) is 35.9. The van der Waals surface area contributed by atoms with Gasteiger partial charge in [0.1, 0.15) is 5.56 Å². The zero-order chi connectivity index (χ0) is 14.2. The monoisotopic (exact) mass is 392 g/mol. The molecule has 2 N–H and O–H groups in total. The number of hydrogen-bond donors (Lipinski definition) is 2. The number of nitrogens with one attached hydrogen (secondary N) is 1. The number of nitrogens with zero attached hydrogens (tertiary/aromatic N) is 1.